The van der Waals surface area contributed by atoms with Gasteiger partial charge >= 0.3 is 6.18 Å². The molecule has 9 heteroatoms. The monoisotopic (exact) mass is 340 g/mol. The second kappa shape index (κ2) is 6.76. The number of likely N-dealkylation sites (tertiary alicyclic amines) is 1. The summed E-state index contributed by atoms with van der Waals surface area (Å²) in [6.45, 7) is 2.52. The summed E-state index contributed by atoms with van der Waals surface area (Å²) in [7, 11) is 1.93. The molecule has 0 amide bonds. The number of nitrogens with one attached hydrogen (secondary N) is 1. The highest BCUT2D eigenvalue weighted by atomic mass is 19.4. The number of halogens is 3. The first-order valence-electron chi connectivity index (χ1n) is 7.75. The van der Waals surface area contributed by atoms with Crippen molar-refractivity contribution in [1.82, 2.24) is 24.4 Å². The maximum atomic E-state index is 12.7. The highest BCUT2D eigenvalue weighted by Gasteiger charge is 2.33. The molecule has 1 fully saturated rings. The van der Waals surface area contributed by atoms with Gasteiger partial charge < -0.3 is 9.88 Å². The number of alkyl halides is 3. The van der Waals surface area contributed by atoms with Crippen molar-refractivity contribution in [3.8, 4) is 0 Å². The number of piperidine rings is 1. The zero-order valence-electron chi connectivity index (χ0n) is 13.3. The number of anilines is 1. The number of imidazole rings is 1. The summed E-state index contributed by atoms with van der Waals surface area (Å²) >= 11 is 0. The molecule has 3 rings (SSSR count). The molecule has 0 radical (unpaired) electrons. The minimum Gasteiger partial charge on any atom is -0.367 e. The molecule has 0 unspecified atom stereocenters. The largest absolute Gasteiger partial charge is 0.433 e. The van der Waals surface area contributed by atoms with Crippen molar-refractivity contribution >= 4 is 5.82 Å². The van der Waals surface area contributed by atoms with E-state index in [0.29, 0.717) is 0 Å². The Labute approximate surface area is 137 Å². The normalized spacial score (nSPS) is 17.2. The van der Waals surface area contributed by atoms with Crippen LogP contribution in [0.5, 0.6) is 0 Å². The standard InChI is InChI=1S/C15H19F3N6/c1-23-7-12(21-10-23)8-24-4-2-11(3-5-24)22-14-6-13(15(16,17)18)19-9-20-14/h6-7,9-11H,2-5,8H2,1H3,(H,19,20,22). The Morgan fingerprint density at radius 1 is 1.21 bits per heavy atom. The van der Waals surface area contributed by atoms with Gasteiger partial charge in [-0.1, -0.05) is 0 Å². The molecule has 1 N–H and O–H groups in total. The molecule has 0 saturated carbocycles. The Hall–Kier alpha value is -2.16. The van der Waals surface area contributed by atoms with Crippen molar-refractivity contribution in [2.24, 2.45) is 7.05 Å². The molecule has 24 heavy (non-hydrogen) atoms. The Bertz CT molecular complexity index is 676. The predicted octanol–water partition coefficient (Wildman–Crippen LogP) is 2.31. The third-order valence-corrected chi connectivity index (χ3v) is 4.04. The summed E-state index contributed by atoms with van der Waals surface area (Å²) in [4.78, 5) is 13.8. The minimum atomic E-state index is -4.45. The van der Waals surface area contributed by atoms with Crippen LogP contribution in [-0.4, -0.2) is 43.6 Å². The van der Waals surface area contributed by atoms with Gasteiger partial charge in [-0.3, -0.25) is 4.90 Å². The molecule has 1 saturated heterocycles. The number of aromatic nitrogens is 4. The minimum absolute atomic E-state index is 0.112. The van der Waals surface area contributed by atoms with Gasteiger partial charge in [0, 0.05) is 45.0 Å². The molecular formula is C15H19F3N6. The second-order valence-corrected chi connectivity index (χ2v) is 6.01. The molecule has 1 aliphatic rings. The highest BCUT2D eigenvalue weighted by molar-refractivity contribution is 5.36. The summed E-state index contributed by atoms with van der Waals surface area (Å²) in [5.41, 5.74) is 0.0992. The molecule has 3 heterocycles. The molecule has 0 bridgehead atoms. The maximum Gasteiger partial charge on any atom is 0.433 e. The number of hydrogen-bond donors (Lipinski definition) is 1. The number of hydrogen-bond acceptors (Lipinski definition) is 5. The zero-order chi connectivity index (χ0) is 17.2. The fourth-order valence-corrected chi connectivity index (χ4v) is 2.81. The van der Waals surface area contributed by atoms with E-state index in [1.54, 1.807) is 6.33 Å². The second-order valence-electron chi connectivity index (χ2n) is 6.01. The third-order valence-electron chi connectivity index (χ3n) is 4.04. The number of aryl methyl sites for hydroxylation is 1. The van der Waals surface area contributed by atoms with Gasteiger partial charge in [0.2, 0.25) is 0 Å². The average molecular weight is 340 g/mol. The molecule has 0 spiro atoms. The Kier molecular flexibility index (Phi) is 4.70. The van der Waals surface area contributed by atoms with Crippen molar-refractivity contribution in [3.05, 3.63) is 36.3 Å². The lowest BCUT2D eigenvalue weighted by molar-refractivity contribution is -0.141. The Morgan fingerprint density at radius 2 is 1.96 bits per heavy atom. The van der Waals surface area contributed by atoms with Crippen molar-refractivity contribution in [1.29, 1.82) is 0 Å². The molecule has 0 aliphatic carbocycles. The fourth-order valence-electron chi connectivity index (χ4n) is 2.81. The smallest absolute Gasteiger partial charge is 0.367 e. The van der Waals surface area contributed by atoms with Gasteiger partial charge in [0.15, 0.2) is 0 Å². The van der Waals surface area contributed by atoms with Crippen LogP contribution in [0.3, 0.4) is 0 Å². The Balaban J connectivity index is 1.52. The van der Waals surface area contributed by atoms with Crippen LogP contribution in [0.1, 0.15) is 24.2 Å². The SMILES string of the molecule is Cn1cnc(CN2CCC(Nc3cc(C(F)(F)F)ncn3)CC2)c1. The van der Waals surface area contributed by atoms with Gasteiger partial charge in [-0.2, -0.15) is 13.2 Å². The summed E-state index contributed by atoms with van der Waals surface area (Å²) in [6.07, 6.45) is 1.95. The van der Waals surface area contributed by atoms with E-state index in [1.807, 2.05) is 17.8 Å². The molecule has 6 nitrogen and oxygen atoms in total. The molecule has 130 valence electrons. The van der Waals surface area contributed by atoms with E-state index in [9.17, 15) is 13.2 Å². The lowest BCUT2D eigenvalue weighted by atomic mass is 10.0. The van der Waals surface area contributed by atoms with Crippen molar-refractivity contribution in [2.45, 2.75) is 31.6 Å². The summed E-state index contributed by atoms with van der Waals surface area (Å²) in [5.74, 6) is 0.223. The molecular weight excluding hydrogens is 321 g/mol. The van der Waals surface area contributed by atoms with E-state index >= 15 is 0 Å². The average Bonchev–Trinajstić information content (AvgIpc) is 2.94. The van der Waals surface area contributed by atoms with E-state index in [4.69, 9.17) is 0 Å². The lowest BCUT2D eigenvalue weighted by Crippen LogP contribution is -2.38. The summed E-state index contributed by atoms with van der Waals surface area (Å²) < 4.78 is 39.9. The molecule has 1 aliphatic heterocycles. The summed E-state index contributed by atoms with van der Waals surface area (Å²) in [5, 5.41) is 3.08. The number of nitrogens with zero attached hydrogens (tertiary/aromatic N) is 5. The fraction of sp³-hybridized carbons (Fsp3) is 0.533. The maximum absolute atomic E-state index is 12.7. The van der Waals surface area contributed by atoms with Crippen LogP contribution in [0.2, 0.25) is 0 Å². The van der Waals surface area contributed by atoms with Crippen LogP contribution < -0.4 is 5.32 Å². The van der Waals surface area contributed by atoms with Crippen molar-refractivity contribution in [3.63, 3.8) is 0 Å². The number of rotatable bonds is 4. The first-order chi connectivity index (χ1) is 11.4. The van der Waals surface area contributed by atoms with Crippen LogP contribution in [0, 0.1) is 0 Å². The molecule has 2 aromatic rings. The van der Waals surface area contributed by atoms with Crippen LogP contribution >= 0.6 is 0 Å². The topological polar surface area (TPSA) is 58.9 Å². The van der Waals surface area contributed by atoms with Crippen molar-refractivity contribution in [2.75, 3.05) is 18.4 Å². The van der Waals surface area contributed by atoms with E-state index in [0.717, 1.165) is 50.6 Å². The first-order valence-corrected chi connectivity index (χ1v) is 7.75. The van der Waals surface area contributed by atoms with Gasteiger partial charge in [0.25, 0.3) is 0 Å². The van der Waals surface area contributed by atoms with Gasteiger partial charge in [-0.15, -0.1) is 0 Å². The zero-order valence-corrected chi connectivity index (χ0v) is 13.3. The van der Waals surface area contributed by atoms with Crippen molar-refractivity contribution < 1.29 is 13.2 Å². The van der Waals surface area contributed by atoms with Gasteiger partial charge in [-0.25, -0.2) is 15.0 Å². The predicted molar refractivity (Wildman–Crippen MR) is 82.2 cm³/mol. The summed E-state index contributed by atoms with van der Waals surface area (Å²) in [6, 6.07) is 1.07. The van der Waals surface area contributed by atoms with E-state index in [1.165, 1.54) is 0 Å². The molecule has 0 aromatic carbocycles. The van der Waals surface area contributed by atoms with Crippen LogP contribution in [-0.2, 0) is 19.8 Å². The van der Waals surface area contributed by atoms with E-state index < -0.39 is 11.9 Å². The lowest BCUT2D eigenvalue weighted by Gasteiger charge is -2.32. The van der Waals surface area contributed by atoms with Crippen LogP contribution in [0.25, 0.3) is 0 Å². The van der Waals surface area contributed by atoms with Gasteiger partial charge in [0.05, 0.1) is 12.0 Å². The van der Waals surface area contributed by atoms with Gasteiger partial charge in [-0.05, 0) is 12.8 Å². The van der Waals surface area contributed by atoms with E-state index in [-0.39, 0.29) is 11.9 Å². The Morgan fingerprint density at radius 3 is 2.58 bits per heavy atom. The molecule has 0 atom stereocenters. The first kappa shape index (κ1) is 16.7. The van der Waals surface area contributed by atoms with Crippen LogP contribution in [0.4, 0.5) is 19.0 Å². The van der Waals surface area contributed by atoms with Crippen LogP contribution in [0.15, 0.2) is 24.9 Å². The third kappa shape index (κ3) is 4.22. The highest BCUT2D eigenvalue weighted by Crippen LogP contribution is 2.28. The molecule has 2 aromatic heterocycles. The van der Waals surface area contributed by atoms with E-state index in [2.05, 4.69) is 25.2 Å². The quantitative estimate of drug-likeness (QED) is 0.926. The van der Waals surface area contributed by atoms with Gasteiger partial charge in [0.1, 0.15) is 17.8 Å².